The van der Waals surface area contributed by atoms with Gasteiger partial charge in [0, 0.05) is 51.5 Å². The van der Waals surface area contributed by atoms with Crippen LogP contribution in [-0.2, 0) is 6.54 Å². The molecule has 0 atom stereocenters. The van der Waals surface area contributed by atoms with Crippen LogP contribution in [0.4, 0.5) is 4.79 Å². The number of methoxy groups -OCH3 is 1. The Balaban J connectivity index is 1.75. The van der Waals surface area contributed by atoms with Gasteiger partial charge in [0.1, 0.15) is 0 Å². The molecule has 0 bridgehead atoms. The molecule has 6 nitrogen and oxygen atoms in total. The molecule has 1 fully saturated rings. The van der Waals surface area contributed by atoms with Crippen molar-refractivity contribution in [2.45, 2.75) is 20.4 Å². The first kappa shape index (κ1) is 16.5. The molecular formula is C16H26N4O2. The van der Waals surface area contributed by atoms with Crippen molar-refractivity contribution in [2.75, 3.05) is 39.8 Å². The second kappa shape index (κ2) is 7.98. The third-order valence-corrected chi connectivity index (χ3v) is 3.73. The number of piperazine rings is 1. The number of carbonyl (C=O) groups is 1. The minimum atomic E-state index is 0.0551. The highest BCUT2D eigenvalue weighted by Gasteiger charge is 2.21. The molecule has 2 amide bonds. The van der Waals surface area contributed by atoms with Crippen LogP contribution in [-0.4, -0.2) is 60.6 Å². The van der Waals surface area contributed by atoms with E-state index in [0.717, 1.165) is 39.3 Å². The molecule has 1 aromatic rings. The second-order valence-electron chi connectivity index (χ2n) is 6.05. The van der Waals surface area contributed by atoms with E-state index in [9.17, 15) is 4.79 Å². The summed E-state index contributed by atoms with van der Waals surface area (Å²) in [5.41, 5.74) is 1.17. The zero-order valence-electron chi connectivity index (χ0n) is 13.7. The predicted molar refractivity (Wildman–Crippen MR) is 85.9 cm³/mol. The van der Waals surface area contributed by atoms with Crippen molar-refractivity contribution in [3.63, 3.8) is 0 Å². The van der Waals surface area contributed by atoms with E-state index in [1.165, 1.54) is 5.56 Å². The summed E-state index contributed by atoms with van der Waals surface area (Å²) in [7, 11) is 1.62. The molecule has 0 unspecified atom stereocenters. The fraction of sp³-hybridized carbons (Fsp3) is 0.625. The van der Waals surface area contributed by atoms with E-state index < -0.39 is 0 Å². The number of ether oxygens (including phenoxy) is 1. The number of pyridine rings is 1. The summed E-state index contributed by atoms with van der Waals surface area (Å²) in [4.78, 5) is 20.5. The lowest BCUT2D eigenvalue weighted by atomic mass is 10.2. The van der Waals surface area contributed by atoms with Crippen LogP contribution in [0.3, 0.4) is 0 Å². The lowest BCUT2D eigenvalue weighted by molar-refractivity contribution is 0.134. The quantitative estimate of drug-likeness (QED) is 0.897. The van der Waals surface area contributed by atoms with Gasteiger partial charge in [0.25, 0.3) is 0 Å². The van der Waals surface area contributed by atoms with Crippen LogP contribution >= 0.6 is 0 Å². The van der Waals surface area contributed by atoms with Crippen LogP contribution in [0.5, 0.6) is 5.88 Å². The smallest absolute Gasteiger partial charge is 0.317 e. The van der Waals surface area contributed by atoms with Crippen molar-refractivity contribution in [1.29, 1.82) is 0 Å². The van der Waals surface area contributed by atoms with E-state index in [1.54, 1.807) is 7.11 Å². The molecule has 1 aromatic heterocycles. The van der Waals surface area contributed by atoms with Crippen LogP contribution in [0.2, 0.25) is 0 Å². The molecule has 0 spiro atoms. The molecule has 2 rings (SSSR count). The van der Waals surface area contributed by atoms with E-state index in [-0.39, 0.29) is 6.03 Å². The monoisotopic (exact) mass is 306 g/mol. The summed E-state index contributed by atoms with van der Waals surface area (Å²) in [5.74, 6) is 1.11. The van der Waals surface area contributed by atoms with Crippen LogP contribution in [0, 0.1) is 5.92 Å². The highest BCUT2D eigenvalue weighted by molar-refractivity contribution is 5.74. The third-order valence-electron chi connectivity index (χ3n) is 3.73. The van der Waals surface area contributed by atoms with Gasteiger partial charge in [0.15, 0.2) is 0 Å². The number of carbonyl (C=O) groups excluding carboxylic acids is 1. The van der Waals surface area contributed by atoms with Gasteiger partial charge in [0.05, 0.1) is 7.11 Å². The summed E-state index contributed by atoms with van der Waals surface area (Å²) in [5, 5.41) is 2.97. The molecule has 0 aromatic carbocycles. The largest absolute Gasteiger partial charge is 0.481 e. The minimum absolute atomic E-state index is 0.0551. The molecule has 1 saturated heterocycles. The first-order valence-corrected chi connectivity index (χ1v) is 7.82. The van der Waals surface area contributed by atoms with E-state index in [2.05, 4.69) is 29.0 Å². The first-order valence-electron chi connectivity index (χ1n) is 7.82. The van der Waals surface area contributed by atoms with E-state index >= 15 is 0 Å². The highest BCUT2D eigenvalue weighted by atomic mass is 16.5. The molecule has 1 aliphatic rings. The molecule has 122 valence electrons. The summed E-state index contributed by atoms with van der Waals surface area (Å²) in [6.07, 6.45) is 1.85. The first-order chi connectivity index (χ1) is 10.6. The number of urea groups is 1. The van der Waals surface area contributed by atoms with Gasteiger partial charge in [-0.25, -0.2) is 9.78 Å². The molecule has 0 aliphatic carbocycles. The normalized spacial score (nSPS) is 15.9. The van der Waals surface area contributed by atoms with Crippen LogP contribution < -0.4 is 10.1 Å². The van der Waals surface area contributed by atoms with Crippen molar-refractivity contribution in [3.8, 4) is 5.88 Å². The molecule has 0 radical (unpaired) electrons. The average Bonchev–Trinajstić information content (AvgIpc) is 2.54. The maximum atomic E-state index is 12.0. The van der Waals surface area contributed by atoms with Gasteiger partial charge in [-0.3, -0.25) is 4.90 Å². The van der Waals surface area contributed by atoms with Crippen molar-refractivity contribution < 1.29 is 9.53 Å². The zero-order chi connectivity index (χ0) is 15.9. The summed E-state index contributed by atoms with van der Waals surface area (Å²) in [6.45, 7) is 9.11. The molecule has 1 N–H and O–H groups in total. The molecule has 0 saturated carbocycles. The standard InChI is InChI=1S/C16H26N4O2/c1-13(2)10-18-16(21)20-8-6-19(7-9-20)12-14-4-5-15(22-3)17-11-14/h4-5,11,13H,6-10,12H2,1-3H3,(H,18,21). The van der Waals surface area contributed by atoms with Crippen LogP contribution in [0.15, 0.2) is 18.3 Å². The van der Waals surface area contributed by atoms with Gasteiger partial charge in [-0.2, -0.15) is 0 Å². The zero-order valence-corrected chi connectivity index (χ0v) is 13.7. The fourth-order valence-corrected chi connectivity index (χ4v) is 2.40. The van der Waals surface area contributed by atoms with Gasteiger partial charge in [-0.1, -0.05) is 19.9 Å². The third kappa shape index (κ3) is 4.87. The van der Waals surface area contributed by atoms with Gasteiger partial charge in [-0.15, -0.1) is 0 Å². The van der Waals surface area contributed by atoms with Gasteiger partial charge >= 0.3 is 6.03 Å². The summed E-state index contributed by atoms with van der Waals surface area (Å²) < 4.78 is 5.06. The topological polar surface area (TPSA) is 57.7 Å². The fourth-order valence-electron chi connectivity index (χ4n) is 2.40. The van der Waals surface area contributed by atoms with Crippen molar-refractivity contribution in [3.05, 3.63) is 23.9 Å². The Morgan fingerprint density at radius 2 is 2.05 bits per heavy atom. The van der Waals surface area contributed by atoms with E-state index in [0.29, 0.717) is 11.8 Å². The number of hydrogen-bond acceptors (Lipinski definition) is 4. The van der Waals surface area contributed by atoms with Crippen LogP contribution in [0.25, 0.3) is 0 Å². The predicted octanol–water partition coefficient (Wildman–Crippen LogP) is 1.57. The Morgan fingerprint density at radius 3 is 2.59 bits per heavy atom. The SMILES string of the molecule is COc1ccc(CN2CCN(C(=O)NCC(C)C)CC2)cn1. The number of hydrogen-bond donors (Lipinski definition) is 1. The molecule has 22 heavy (non-hydrogen) atoms. The Kier molecular flexibility index (Phi) is 6.00. The average molecular weight is 306 g/mol. The molecule has 2 heterocycles. The van der Waals surface area contributed by atoms with Gasteiger partial charge < -0.3 is 15.0 Å². The number of amides is 2. The van der Waals surface area contributed by atoms with Crippen molar-refractivity contribution in [1.82, 2.24) is 20.1 Å². The number of nitrogens with zero attached hydrogens (tertiary/aromatic N) is 3. The lowest BCUT2D eigenvalue weighted by Crippen LogP contribution is -2.51. The van der Waals surface area contributed by atoms with Crippen molar-refractivity contribution >= 4 is 6.03 Å². The second-order valence-corrected chi connectivity index (χ2v) is 6.05. The summed E-state index contributed by atoms with van der Waals surface area (Å²) >= 11 is 0. The van der Waals surface area contributed by atoms with Crippen molar-refractivity contribution in [2.24, 2.45) is 5.92 Å². The Labute approximate surface area is 132 Å². The summed E-state index contributed by atoms with van der Waals surface area (Å²) in [6, 6.07) is 3.97. The highest BCUT2D eigenvalue weighted by Crippen LogP contribution is 2.11. The van der Waals surface area contributed by atoms with E-state index in [1.807, 2.05) is 23.2 Å². The molecular weight excluding hydrogens is 280 g/mol. The van der Waals surface area contributed by atoms with E-state index in [4.69, 9.17) is 4.74 Å². The number of rotatable bonds is 5. The van der Waals surface area contributed by atoms with Gasteiger partial charge in [-0.05, 0) is 11.5 Å². The number of nitrogens with one attached hydrogen (secondary N) is 1. The van der Waals surface area contributed by atoms with Gasteiger partial charge in [0.2, 0.25) is 5.88 Å². The Hall–Kier alpha value is -1.82. The lowest BCUT2D eigenvalue weighted by Gasteiger charge is -2.34. The molecule has 6 heteroatoms. The Morgan fingerprint density at radius 1 is 1.32 bits per heavy atom. The number of aromatic nitrogens is 1. The maximum Gasteiger partial charge on any atom is 0.317 e. The Bertz CT molecular complexity index is 468. The molecule has 1 aliphatic heterocycles. The minimum Gasteiger partial charge on any atom is -0.481 e. The maximum absolute atomic E-state index is 12.0. The van der Waals surface area contributed by atoms with Crippen LogP contribution in [0.1, 0.15) is 19.4 Å².